The fourth-order valence-corrected chi connectivity index (χ4v) is 3.10. The van der Waals surface area contributed by atoms with E-state index in [1.807, 2.05) is 24.3 Å². The zero-order valence-corrected chi connectivity index (χ0v) is 18.5. The number of carboxylic acids is 1. The summed E-state index contributed by atoms with van der Waals surface area (Å²) in [5, 5.41) is 8.91. The summed E-state index contributed by atoms with van der Waals surface area (Å²) in [5.74, 6) is 0.793. The molecule has 0 amide bonds. The van der Waals surface area contributed by atoms with Crippen molar-refractivity contribution in [2.24, 2.45) is 0 Å². The molecule has 0 saturated heterocycles. The minimum atomic E-state index is -0.809. The SMILES string of the molecule is CC(C)(C)c1ccc(OCCOc2ccccc2CCC(=O)O)c(C(C)(C)C)c1. The van der Waals surface area contributed by atoms with Crippen molar-refractivity contribution in [2.75, 3.05) is 13.2 Å². The molecular weight excluding hydrogens is 364 g/mol. The first-order valence-corrected chi connectivity index (χ1v) is 10.2. The Morgan fingerprint density at radius 3 is 2.07 bits per heavy atom. The Balaban J connectivity index is 2.03. The van der Waals surface area contributed by atoms with E-state index < -0.39 is 5.97 Å². The Labute approximate surface area is 174 Å². The number of hydrogen-bond donors (Lipinski definition) is 1. The van der Waals surface area contributed by atoms with Gasteiger partial charge in [-0.15, -0.1) is 0 Å². The molecule has 0 atom stereocenters. The zero-order valence-electron chi connectivity index (χ0n) is 18.5. The average Bonchev–Trinajstić information content (AvgIpc) is 2.62. The normalized spacial score (nSPS) is 11.9. The van der Waals surface area contributed by atoms with Gasteiger partial charge in [0.1, 0.15) is 24.7 Å². The van der Waals surface area contributed by atoms with Crippen molar-refractivity contribution in [3.8, 4) is 11.5 Å². The Morgan fingerprint density at radius 1 is 0.862 bits per heavy atom. The molecule has 4 heteroatoms. The number of ether oxygens (including phenoxy) is 2. The van der Waals surface area contributed by atoms with Crippen LogP contribution in [0, 0.1) is 0 Å². The van der Waals surface area contributed by atoms with E-state index in [1.54, 1.807) is 0 Å². The van der Waals surface area contributed by atoms with E-state index in [9.17, 15) is 4.79 Å². The van der Waals surface area contributed by atoms with Crippen LogP contribution in [-0.4, -0.2) is 24.3 Å². The maximum absolute atomic E-state index is 10.8. The number of para-hydroxylation sites is 1. The molecule has 1 N–H and O–H groups in total. The lowest BCUT2D eigenvalue weighted by Crippen LogP contribution is -2.19. The molecule has 0 aliphatic heterocycles. The van der Waals surface area contributed by atoms with Gasteiger partial charge >= 0.3 is 5.97 Å². The van der Waals surface area contributed by atoms with Crippen LogP contribution in [-0.2, 0) is 22.0 Å². The molecule has 158 valence electrons. The van der Waals surface area contributed by atoms with Gasteiger partial charge in [0.25, 0.3) is 0 Å². The number of aliphatic carboxylic acids is 1. The van der Waals surface area contributed by atoms with E-state index in [2.05, 4.69) is 59.7 Å². The summed E-state index contributed by atoms with van der Waals surface area (Å²) in [4.78, 5) is 10.8. The van der Waals surface area contributed by atoms with E-state index in [0.717, 1.165) is 17.1 Å². The lowest BCUT2D eigenvalue weighted by molar-refractivity contribution is -0.136. The van der Waals surface area contributed by atoms with E-state index in [-0.39, 0.29) is 17.3 Å². The molecule has 0 unspecified atom stereocenters. The molecule has 2 aromatic carbocycles. The van der Waals surface area contributed by atoms with E-state index in [1.165, 1.54) is 11.1 Å². The Bertz CT molecular complexity index is 825. The molecule has 0 spiro atoms. The Morgan fingerprint density at radius 2 is 1.48 bits per heavy atom. The molecule has 29 heavy (non-hydrogen) atoms. The molecular formula is C25H34O4. The lowest BCUT2D eigenvalue weighted by Gasteiger charge is -2.27. The van der Waals surface area contributed by atoms with Gasteiger partial charge in [0.15, 0.2) is 0 Å². The zero-order chi connectivity index (χ0) is 21.7. The van der Waals surface area contributed by atoms with Crippen LogP contribution in [0.2, 0.25) is 0 Å². The summed E-state index contributed by atoms with van der Waals surface area (Å²) >= 11 is 0. The highest BCUT2D eigenvalue weighted by Gasteiger charge is 2.23. The topological polar surface area (TPSA) is 55.8 Å². The lowest BCUT2D eigenvalue weighted by atomic mass is 9.80. The molecule has 0 radical (unpaired) electrons. The average molecular weight is 399 g/mol. The van der Waals surface area contributed by atoms with Gasteiger partial charge in [-0.2, -0.15) is 0 Å². The molecule has 0 fully saturated rings. The van der Waals surface area contributed by atoms with Crippen LogP contribution < -0.4 is 9.47 Å². The maximum Gasteiger partial charge on any atom is 0.303 e. The van der Waals surface area contributed by atoms with Crippen molar-refractivity contribution in [3.63, 3.8) is 0 Å². The van der Waals surface area contributed by atoms with Crippen molar-refractivity contribution < 1.29 is 19.4 Å². The van der Waals surface area contributed by atoms with Crippen LogP contribution in [0.3, 0.4) is 0 Å². The fraction of sp³-hybridized carbons (Fsp3) is 0.480. The van der Waals surface area contributed by atoms with Crippen molar-refractivity contribution in [1.29, 1.82) is 0 Å². The van der Waals surface area contributed by atoms with E-state index in [4.69, 9.17) is 14.6 Å². The van der Waals surface area contributed by atoms with Crippen LogP contribution in [0.25, 0.3) is 0 Å². The third-order valence-corrected chi connectivity index (χ3v) is 4.83. The number of carboxylic acid groups (broad SMARTS) is 1. The first-order valence-electron chi connectivity index (χ1n) is 10.2. The quantitative estimate of drug-likeness (QED) is 0.575. The van der Waals surface area contributed by atoms with Crippen LogP contribution in [0.15, 0.2) is 42.5 Å². The predicted molar refractivity (Wildman–Crippen MR) is 117 cm³/mol. The fourth-order valence-electron chi connectivity index (χ4n) is 3.10. The van der Waals surface area contributed by atoms with Crippen LogP contribution in [0.4, 0.5) is 0 Å². The highest BCUT2D eigenvalue weighted by molar-refractivity contribution is 5.67. The predicted octanol–water partition coefficient (Wildman–Crippen LogP) is 5.76. The van der Waals surface area contributed by atoms with Gasteiger partial charge in [-0.05, 0) is 46.1 Å². The molecule has 2 aromatic rings. The van der Waals surface area contributed by atoms with E-state index in [0.29, 0.717) is 19.6 Å². The molecule has 4 nitrogen and oxygen atoms in total. The van der Waals surface area contributed by atoms with Crippen molar-refractivity contribution in [2.45, 2.75) is 65.2 Å². The smallest absolute Gasteiger partial charge is 0.303 e. The third kappa shape index (κ3) is 6.81. The molecule has 2 rings (SSSR count). The number of carbonyl (C=O) groups is 1. The number of aryl methyl sites for hydroxylation is 1. The summed E-state index contributed by atoms with van der Waals surface area (Å²) in [5.41, 5.74) is 3.44. The van der Waals surface area contributed by atoms with Crippen molar-refractivity contribution >= 4 is 5.97 Å². The highest BCUT2D eigenvalue weighted by atomic mass is 16.5. The number of rotatable bonds is 8. The maximum atomic E-state index is 10.8. The minimum absolute atomic E-state index is 0.0269. The van der Waals surface area contributed by atoms with Gasteiger partial charge in [0, 0.05) is 6.42 Å². The molecule has 0 bridgehead atoms. The van der Waals surface area contributed by atoms with Gasteiger partial charge in [-0.1, -0.05) is 71.9 Å². The Kier molecular flexibility index (Phi) is 7.34. The van der Waals surface area contributed by atoms with Crippen LogP contribution >= 0.6 is 0 Å². The van der Waals surface area contributed by atoms with Gasteiger partial charge in [-0.3, -0.25) is 4.79 Å². The molecule has 0 heterocycles. The minimum Gasteiger partial charge on any atom is -0.490 e. The second-order valence-corrected chi connectivity index (χ2v) is 9.41. The van der Waals surface area contributed by atoms with E-state index >= 15 is 0 Å². The second-order valence-electron chi connectivity index (χ2n) is 9.41. The molecule has 0 aliphatic rings. The Hall–Kier alpha value is -2.49. The van der Waals surface area contributed by atoms with Crippen molar-refractivity contribution in [1.82, 2.24) is 0 Å². The van der Waals surface area contributed by atoms with Crippen LogP contribution in [0.5, 0.6) is 11.5 Å². The summed E-state index contributed by atoms with van der Waals surface area (Å²) in [7, 11) is 0. The van der Waals surface area contributed by atoms with Gasteiger partial charge in [0.2, 0.25) is 0 Å². The third-order valence-electron chi connectivity index (χ3n) is 4.83. The first-order chi connectivity index (χ1) is 13.5. The highest BCUT2D eigenvalue weighted by Crippen LogP contribution is 2.35. The molecule has 0 aliphatic carbocycles. The molecule has 0 aromatic heterocycles. The number of hydrogen-bond acceptors (Lipinski definition) is 3. The standard InChI is InChI=1S/C25H34O4/c1-24(2,3)19-12-13-22(20(17-19)25(4,5)6)29-16-15-28-21-10-8-7-9-18(21)11-14-23(26)27/h7-10,12-13,17H,11,14-16H2,1-6H3,(H,26,27). The summed E-state index contributed by atoms with van der Waals surface area (Å²) in [6.45, 7) is 14.0. The second kappa shape index (κ2) is 9.34. The molecule has 0 saturated carbocycles. The summed E-state index contributed by atoms with van der Waals surface area (Å²) < 4.78 is 11.9. The first kappa shape index (κ1) is 22.8. The van der Waals surface area contributed by atoms with Crippen LogP contribution in [0.1, 0.15) is 64.7 Å². The van der Waals surface area contributed by atoms with Gasteiger partial charge < -0.3 is 14.6 Å². The van der Waals surface area contributed by atoms with Gasteiger partial charge in [-0.25, -0.2) is 0 Å². The number of benzene rings is 2. The van der Waals surface area contributed by atoms with Gasteiger partial charge in [0.05, 0.1) is 0 Å². The largest absolute Gasteiger partial charge is 0.490 e. The summed E-state index contributed by atoms with van der Waals surface area (Å²) in [6, 6.07) is 14.0. The summed E-state index contributed by atoms with van der Waals surface area (Å²) in [6.07, 6.45) is 0.542. The van der Waals surface area contributed by atoms with Crippen molar-refractivity contribution in [3.05, 3.63) is 59.2 Å². The monoisotopic (exact) mass is 398 g/mol.